The van der Waals surface area contributed by atoms with E-state index in [1.165, 1.54) is 0 Å². The van der Waals surface area contributed by atoms with Crippen LogP contribution in [0.3, 0.4) is 0 Å². The van der Waals surface area contributed by atoms with E-state index in [1.807, 2.05) is 0 Å². The van der Waals surface area contributed by atoms with Crippen LogP contribution in [0, 0.1) is 35.5 Å². The first-order chi connectivity index (χ1) is 10.1. The molecule has 0 fully saturated rings. The maximum Gasteiger partial charge on any atom is 0.136 e. The molecule has 0 saturated carbocycles. The molecular weight excluding hydrogens is 272 g/mol. The molecule has 0 atom stereocenters. The molecule has 1 aromatic carbocycles. The van der Waals surface area contributed by atoms with Crippen molar-refractivity contribution in [2.24, 2.45) is 10.8 Å². The summed E-state index contributed by atoms with van der Waals surface area (Å²) in [5.74, 6) is 6.56. The highest BCUT2D eigenvalue weighted by Gasteiger charge is 2.17. The van der Waals surface area contributed by atoms with Crippen LogP contribution in [0.5, 0.6) is 11.5 Å². The molecule has 0 unspecified atom stereocenters. The molecule has 2 heteroatoms. The minimum atomic E-state index is 0.0452. The van der Waals surface area contributed by atoms with Gasteiger partial charge in [-0.3, -0.25) is 0 Å². The third kappa shape index (κ3) is 5.74. The van der Waals surface area contributed by atoms with Crippen LogP contribution in [0.4, 0.5) is 0 Å². The average Bonchev–Trinajstić information content (AvgIpc) is 2.40. The van der Waals surface area contributed by atoms with E-state index >= 15 is 0 Å². The Hall–Kier alpha value is -2.06. The fourth-order valence-corrected chi connectivity index (χ4v) is 1.61. The van der Waals surface area contributed by atoms with E-state index in [0.29, 0.717) is 35.8 Å². The predicted octanol–water partition coefficient (Wildman–Crippen LogP) is 4.50. The van der Waals surface area contributed by atoms with Crippen LogP contribution in [0.2, 0.25) is 0 Å². The van der Waals surface area contributed by atoms with Gasteiger partial charge in [-0.15, -0.1) is 12.8 Å². The highest BCUT2D eigenvalue weighted by Crippen LogP contribution is 2.30. The average molecular weight is 298 g/mol. The van der Waals surface area contributed by atoms with Crippen LogP contribution >= 0.6 is 0 Å². The summed E-state index contributed by atoms with van der Waals surface area (Å²) in [6.07, 6.45) is 11.2. The van der Waals surface area contributed by atoms with Crippen LogP contribution in [-0.2, 0) is 0 Å². The molecule has 2 nitrogen and oxygen atoms in total. The summed E-state index contributed by atoms with van der Waals surface area (Å²) in [6.45, 7) is 13.7. The monoisotopic (exact) mass is 298 g/mol. The van der Waals surface area contributed by atoms with E-state index in [2.05, 4.69) is 53.4 Å². The van der Waals surface area contributed by atoms with E-state index in [0.717, 1.165) is 0 Å². The normalized spacial score (nSPS) is 11.5. The molecule has 0 amide bonds. The van der Waals surface area contributed by atoms with Gasteiger partial charge in [0.05, 0.1) is 24.3 Å². The fourth-order valence-electron chi connectivity index (χ4n) is 1.61. The second-order valence-electron chi connectivity index (χ2n) is 7.83. The Balaban J connectivity index is 3.08. The molecule has 0 heterocycles. The van der Waals surface area contributed by atoms with E-state index in [-0.39, 0.29) is 10.8 Å². The van der Waals surface area contributed by atoms with Gasteiger partial charge in [0.2, 0.25) is 0 Å². The molecule has 1 aromatic rings. The van der Waals surface area contributed by atoms with Crippen LogP contribution in [0.25, 0.3) is 0 Å². The highest BCUT2D eigenvalue weighted by atomic mass is 16.5. The Morgan fingerprint density at radius 2 is 1.09 bits per heavy atom. The first-order valence-electron chi connectivity index (χ1n) is 7.42. The maximum atomic E-state index is 5.84. The van der Waals surface area contributed by atoms with Crippen molar-refractivity contribution in [1.82, 2.24) is 0 Å². The maximum absolute atomic E-state index is 5.84. The molecule has 0 bridgehead atoms. The standard InChI is InChI=1S/C20H26O2/c1-9-15-11-18(22-14-20(6,7)8)16(10-2)12-17(15)21-13-19(3,4)5/h1-2,11-12H,13-14H2,3-8H3. The lowest BCUT2D eigenvalue weighted by atomic mass is 9.98. The molecule has 118 valence electrons. The quantitative estimate of drug-likeness (QED) is 0.762. The summed E-state index contributed by atoms with van der Waals surface area (Å²) < 4.78 is 11.7. The number of ether oxygens (including phenoxy) is 2. The third-order valence-electron chi connectivity index (χ3n) is 2.71. The Bertz CT molecular complexity index is 543. The number of benzene rings is 1. The van der Waals surface area contributed by atoms with Gasteiger partial charge in [0.25, 0.3) is 0 Å². The zero-order valence-corrected chi connectivity index (χ0v) is 14.5. The number of hydrogen-bond acceptors (Lipinski definition) is 2. The van der Waals surface area contributed by atoms with Gasteiger partial charge in [-0.05, 0) is 10.8 Å². The molecule has 1 rings (SSSR count). The van der Waals surface area contributed by atoms with Gasteiger partial charge in [0.1, 0.15) is 11.5 Å². The van der Waals surface area contributed by atoms with Crippen LogP contribution in [0.15, 0.2) is 12.1 Å². The van der Waals surface area contributed by atoms with Crippen molar-refractivity contribution < 1.29 is 9.47 Å². The summed E-state index contributed by atoms with van der Waals surface area (Å²) in [5, 5.41) is 0. The SMILES string of the molecule is C#Cc1cc(OCC(C)(C)C)c(C#C)cc1OCC(C)(C)C. The van der Waals surface area contributed by atoms with Gasteiger partial charge >= 0.3 is 0 Å². The third-order valence-corrected chi connectivity index (χ3v) is 2.71. The minimum absolute atomic E-state index is 0.0452. The number of rotatable bonds is 4. The van der Waals surface area contributed by atoms with E-state index in [9.17, 15) is 0 Å². The summed E-state index contributed by atoms with van der Waals surface area (Å²) in [6, 6.07) is 3.58. The van der Waals surface area contributed by atoms with Crippen molar-refractivity contribution in [1.29, 1.82) is 0 Å². The van der Waals surface area contributed by atoms with Crippen molar-refractivity contribution in [3.05, 3.63) is 23.3 Å². The van der Waals surface area contributed by atoms with Crippen LogP contribution in [0.1, 0.15) is 52.7 Å². The molecule has 22 heavy (non-hydrogen) atoms. The highest BCUT2D eigenvalue weighted by molar-refractivity contribution is 5.57. The van der Waals surface area contributed by atoms with Gasteiger partial charge in [-0.25, -0.2) is 0 Å². The Kier molecular flexibility index (Phi) is 5.56. The molecule has 0 saturated heterocycles. The molecule has 0 radical (unpaired) electrons. The van der Waals surface area contributed by atoms with Gasteiger partial charge in [-0.2, -0.15) is 0 Å². The van der Waals surface area contributed by atoms with Crippen molar-refractivity contribution in [3.63, 3.8) is 0 Å². The lowest BCUT2D eigenvalue weighted by Crippen LogP contribution is -2.18. The second kappa shape index (κ2) is 6.80. The van der Waals surface area contributed by atoms with Gasteiger partial charge < -0.3 is 9.47 Å². The second-order valence-corrected chi connectivity index (χ2v) is 7.83. The van der Waals surface area contributed by atoms with Crippen molar-refractivity contribution in [2.75, 3.05) is 13.2 Å². The first kappa shape index (κ1) is 18.0. The molecule has 0 aliphatic carbocycles. The largest absolute Gasteiger partial charge is 0.492 e. The smallest absolute Gasteiger partial charge is 0.136 e. The number of terminal acetylenes is 2. The molecule has 0 spiro atoms. The number of hydrogen-bond donors (Lipinski definition) is 0. The molecule has 0 aromatic heterocycles. The Labute approximate surface area is 135 Å². The Morgan fingerprint density at radius 3 is 1.32 bits per heavy atom. The zero-order valence-electron chi connectivity index (χ0n) is 14.5. The van der Waals surface area contributed by atoms with Gasteiger partial charge in [0.15, 0.2) is 0 Å². The van der Waals surface area contributed by atoms with E-state index in [1.54, 1.807) is 12.1 Å². The van der Waals surface area contributed by atoms with Crippen LogP contribution in [-0.4, -0.2) is 13.2 Å². The Morgan fingerprint density at radius 1 is 0.773 bits per heavy atom. The van der Waals surface area contributed by atoms with Gasteiger partial charge in [-0.1, -0.05) is 53.4 Å². The fraction of sp³-hybridized carbons (Fsp3) is 0.500. The van der Waals surface area contributed by atoms with Crippen LogP contribution < -0.4 is 9.47 Å². The lowest BCUT2D eigenvalue weighted by molar-refractivity contribution is 0.192. The van der Waals surface area contributed by atoms with Crippen molar-refractivity contribution in [2.45, 2.75) is 41.5 Å². The minimum Gasteiger partial charge on any atom is -0.492 e. The molecule has 0 aliphatic rings. The zero-order chi connectivity index (χ0) is 17.0. The van der Waals surface area contributed by atoms with Gasteiger partial charge in [0, 0.05) is 12.1 Å². The lowest BCUT2D eigenvalue weighted by Gasteiger charge is -2.22. The van der Waals surface area contributed by atoms with Crippen molar-refractivity contribution >= 4 is 0 Å². The molecular formula is C20H26O2. The first-order valence-corrected chi connectivity index (χ1v) is 7.42. The molecule has 0 N–H and O–H groups in total. The summed E-state index contributed by atoms with van der Waals surface area (Å²) in [5.41, 5.74) is 1.41. The van der Waals surface area contributed by atoms with E-state index in [4.69, 9.17) is 22.3 Å². The topological polar surface area (TPSA) is 18.5 Å². The summed E-state index contributed by atoms with van der Waals surface area (Å²) in [7, 11) is 0. The van der Waals surface area contributed by atoms with Crippen molar-refractivity contribution in [3.8, 4) is 36.2 Å². The van der Waals surface area contributed by atoms with E-state index < -0.39 is 0 Å². The predicted molar refractivity (Wildman–Crippen MR) is 92.2 cm³/mol. The summed E-state index contributed by atoms with van der Waals surface area (Å²) >= 11 is 0. The molecule has 0 aliphatic heterocycles. The summed E-state index contributed by atoms with van der Waals surface area (Å²) in [4.78, 5) is 0.